The number of para-hydroxylation sites is 1. The maximum absolute atomic E-state index is 10.8. The first-order valence-corrected chi connectivity index (χ1v) is 7.09. The topological polar surface area (TPSA) is 106 Å². The maximum Gasteiger partial charge on any atom is 0.404 e. The summed E-state index contributed by atoms with van der Waals surface area (Å²) in [6.07, 6.45) is 1.43. The minimum Gasteiger partial charge on any atom is -0.465 e. The SMILES string of the molecule is CCC(CNC(=O)O)n1cnc2c(N)nc3ccccc3c21. The first kappa shape index (κ1) is 14.1. The largest absolute Gasteiger partial charge is 0.465 e. The second-order valence-electron chi connectivity index (χ2n) is 5.11. The van der Waals surface area contributed by atoms with Crippen molar-refractivity contribution in [2.75, 3.05) is 12.3 Å². The number of imidazole rings is 1. The van der Waals surface area contributed by atoms with E-state index in [1.54, 1.807) is 6.33 Å². The fourth-order valence-corrected chi connectivity index (χ4v) is 2.69. The predicted molar refractivity (Wildman–Crippen MR) is 84.8 cm³/mol. The second kappa shape index (κ2) is 5.51. The van der Waals surface area contributed by atoms with Gasteiger partial charge in [-0.15, -0.1) is 0 Å². The van der Waals surface area contributed by atoms with Crippen molar-refractivity contribution in [1.82, 2.24) is 19.9 Å². The molecule has 1 aromatic carbocycles. The zero-order valence-electron chi connectivity index (χ0n) is 12.2. The Hall–Kier alpha value is -2.83. The highest BCUT2D eigenvalue weighted by molar-refractivity contribution is 6.06. The van der Waals surface area contributed by atoms with Gasteiger partial charge in [-0.25, -0.2) is 14.8 Å². The van der Waals surface area contributed by atoms with Crippen LogP contribution in [0.1, 0.15) is 19.4 Å². The number of nitrogens with two attached hydrogens (primary N) is 1. The maximum atomic E-state index is 10.8. The molecule has 0 fully saturated rings. The van der Waals surface area contributed by atoms with E-state index in [1.165, 1.54) is 0 Å². The van der Waals surface area contributed by atoms with Crippen molar-refractivity contribution in [3.05, 3.63) is 30.6 Å². The summed E-state index contributed by atoms with van der Waals surface area (Å²) in [5, 5.41) is 12.2. The third kappa shape index (κ3) is 2.30. The number of hydrogen-bond donors (Lipinski definition) is 3. The molecule has 4 N–H and O–H groups in total. The Labute approximate surface area is 126 Å². The predicted octanol–water partition coefficient (Wildman–Crippen LogP) is 2.39. The normalized spacial score (nSPS) is 12.6. The molecule has 7 heteroatoms. The second-order valence-corrected chi connectivity index (χ2v) is 5.11. The van der Waals surface area contributed by atoms with Crippen LogP contribution in [0, 0.1) is 0 Å². The Balaban J connectivity index is 2.19. The third-order valence-electron chi connectivity index (χ3n) is 3.79. The molecule has 22 heavy (non-hydrogen) atoms. The smallest absolute Gasteiger partial charge is 0.404 e. The number of hydrogen-bond acceptors (Lipinski definition) is 4. The molecule has 0 aliphatic rings. The van der Waals surface area contributed by atoms with Crippen molar-refractivity contribution in [3.8, 4) is 0 Å². The van der Waals surface area contributed by atoms with E-state index in [0.717, 1.165) is 22.8 Å². The molecule has 1 unspecified atom stereocenters. The standard InChI is InChI=1S/C15H17N5O2/c1-2-9(7-17-15(21)22)20-8-18-12-13(20)10-5-3-4-6-11(10)19-14(12)16/h3-6,8-9,17H,2,7H2,1H3,(H2,16,19)(H,21,22). The summed E-state index contributed by atoms with van der Waals surface area (Å²) in [5.41, 5.74) is 8.34. The molecule has 1 atom stereocenters. The lowest BCUT2D eigenvalue weighted by Crippen LogP contribution is -2.28. The number of benzene rings is 1. The first-order chi connectivity index (χ1) is 10.6. The summed E-state index contributed by atoms with van der Waals surface area (Å²) in [6, 6.07) is 7.68. The van der Waals surface area contributed by atoms with Crippen LogP contribution in [-0.2, 0) is 0 Å². The molecule has 0 aliphatic carbocycles. The Morgan fingerprint density at radius 2 is 2.23 bits per heavy atom. The highest BCUT2D eigenvalue weighted by Crippen LogP contribution is 2.29. The van der Waals surface area contributed by atoms with Crippen LogP contribution in [0.2, 0.25) is 0 Å². The average molecular weight is 299 g/mol. The number of nitrogens with one attached hydrogen (secondary N) is 1. The summed E-state index contributed by atoms with van der Waals surface area (Å²) in [7, 11) is 0. The lowest BCUT2D eigenvalue weighted by molar-refractivity contribution is 0.192. The number of anilines is 1. The molecule has 7 nitrogen and oxygen atoms in total. The molecular formula is C15H17N5O2. The van der Waals surface area contributed by atoms with E-state index >= 15 is 0 Å². The van der Waals surface area contributed by atoms with Gasteiger partial charge in [0.1, 0.15) is 5.52 Å². The molecule has 3 aromatic rings. The molecule has 0 bridgehead atoms. The van der Waals surface area contributed by atoms with Crippen LogP contribution in [0.15, 0.2) is 30.6 Å². The number of aromatic nitrogens is 3. The Bertz CT molecular complexity index is 842. The first-order valence-electron chi connectivity index (χ1n) is 7.09. The number of nitrogen functional groups attached to an aromatic ring is 1. The number of nitrogens with zero attached hydrogens (tertiary/aromatic N) is 3. The van der Waals surface area contributed by atoms with Crippen molar-refractivity contribution in [3.63, 3.8) is 0 Å². The molecule has 0 saturated heterocycles. The number of pyridine rings is 1. The summed E-state index contributed by atoms with van der Waals surface area (Å²) in [6.45, 7) is 2.32. The zero-order chi connectivity index (χ0) is 15.7. The number of carbonyl (C=O) groups is 1. The molecule has 1 amide bonds. The van der Waals surface area contributed by atoms with Gasteiger partial charge in [0.25, 0.3) is 0 Å². The van der Waals surface area contributed by atoms with Gasteiger partial charge >= 0.3 is 6.09 Å². The minimum absolute atomic E-state index is 0.0358. The van der Waals surface area contributed by atoms with E-state index in [9.17, 15) is 4.79 Å². The minimum atomic E-state index is -1.03. The number of rotatable bonds is 4. The van der Waals surface area contributed by atoms with Crippen molar-refractivity contribution in [2.24, 2.45) is 0 Å². The zero-order valence-corrected chi connectivity index (χ0v) is 12.2. The van der Waals surface area contributed by atoms with Crippen molar-refractivity contribution in [1.29, 1.82) is 0 Å². The number of carboxylic acid groups (broad SMARTS) is 1. The van der Waals surface area contributed by atoms with Gasteiger partial charge in [0.05, 0.1) is 23.4 Å². The lowest BCUT2D eigenvalue weighted by Gasteiger charge is -2.18. The van der Waals surface area contributed by atoms with Gasteiger partial charge in [-0.05, 0) is 12.5 Å². The molecule has 0 saturated carbocycles. The van der Waals surface area contributed by atoms with Gasteiger partial charge < -0.3 is 20.7 Å². The summed E-state index contributed by atoms with van der Waals surface area (Å²) in [4.78, 5) is 19.5. The Kier molecular flexibility index (Phi) is 3.54. The molecular weight excluding hydrogens is 282 g/mol. The summed E-state index contributed by atoms with van der Waals surface area (Å²) in [5.74, 6) is 0.383. The third-order valence-corrected chi connectivity index (χ3v) is 3.79. The van der Waals surface area contributed by atoms with Crippen LogP contribution in [0.3, 0.4) is 0 Å². The van der Waals surface area contributed by atoms with E-state index in [2.05, 4.69) is 15.3 Å². The van der Waals surface area contributed by atoms with Gasteiger partial charge in [0, 0.05) is 11.9 Å². The summed E-state index contributed by atoms with van der Waals surface area (Å²) < 4.78 is 1.98. The molecule has 114 valence electrons. The fraction of sp³-hybridized carbons (Fsp3) is 0.267. The molecule has 3 rings (SSSR count). The van der Waals surface area contributed by atoms with E-state index in [0.29, 0.717) is 17.9 Å². The van der Waals surface area contributed by atoms with Crippen molar-refractivity contribution < 1.29 is 9.90 Å². The van der Waals surface area contributed by atoms with E-state index < -0.39 is 6.09 Å². The molecule has 0 radical (unpaired) electrons. The van der Waals surface area contributed by atoms with E-state index in [-0.39, 0.29) is 6.04 Å². The lowest BCUT2D eigenvalue weighted by atomic mass is 10.1. The van der Waals surface area contributed by atoms with Crippen molar-refractivity contribution >= 4 is 33.8 Å². The van der Waals surface area contributed by atoms with Crippen LogP contribution in [-0.4, -0.2) is 32.3 Å². The van der Waals surface area contributed by atoms with Gasteiger partial charge in [-0.1, -0.05) is 25.1 Å². The highest BCUT2D eigenvalue weighted by atomic mass is 16.4. The van der Waals surface area contributed by atoms with Gasteiger partial charge in [-0.2, -0.15) is 0 Å². The molecule has 2 heterocycles. The van der Waals surface area contributed by atoms with E-state index in [1.807, 2.05) is 35.8 Å². The molecule has 0 spiro atoms. The van der Waals surface area contributed by atoms with Crippen LogP contribution in [0.25, 0.3) is 21.9 Å². The van der Waals surface area contributed by atoms with Crippen LogP contribution >= 0.6 is 0 Å². The van der Waals surface area contributed by atoms with E-state index in [4.69, 9.17) is 10.8 Å². The van der Waals surface area contributed by atoms with Gasteiger partial charge in [0.2, 0.25) is 0 Å². The van der Waals surface area contributed by atoms with Crippen LogP contribution in [0.4, 0.5) is 10.6 Å². The van der Waals surface area contributed by atoms with Crippen molar-refractivity contribution in [2.45, 2.75) is 19.4 Å². The summed E-state index contributed by atoms with van der Waals surface area (Å²) >= 11 is 0. The number of fused-ring (bicyclic) bond motifs is 3. The fourth-order valence-electron chi connectivity index (χ4n) is 2.69. The van der Waals surface area contributed by atoms with Gasteiger partial charge in [0.15, 0.2) is 5.82 Å². The highest BCUT2D eigenvalue weighted by Gasteiger charge is 2.17. The number of amides is 1. The Morgan fingerprint density at radius 3 is 2.95 bits per heavy atom. The monoisotopic (exact) mass is 299 g/mol. The quantitative estimate of drug-likeness (QED) is 0.686. The average Bonchev–Trinajstić information content (AvgIpc) is 2.94. The van der Waals surface area contributed by atoms with Crippen LogP contribution < -0.4 is 11.1 Å². The van der Waals surface area contributed by atoms with Crippen LogP contribution in [0.5, 0.6) is 0 Å². The molecule has 0 aliphatic heterocycles. The van der Waals surface area contributed by atoms with Gasteiger partial charge in [-0.3, -0.25) is 0 Å². The molecule has 2 aromatic heterocycles. The Morgan fingerprint density at radius 1 is 1.45 bits per heavy atom.